The van der Waals surface area contributed by atoms with Crippen LogP contribution in [0.25, 0.3) is 0 Å². The largest absolute Gasteiger partial charge is 0.370 e. The molecule has 0 bridgehead atoms. The predicted octanol–water partition coefficient (Wildman–Crippen LogP) is 0.686. The van der Waals surface area contributed by atoms with Crippen LogP contribution in [0.15, 0.2) is 30.3 Å². The van der Waals surface area contributed by atoms with E-state index in [1.54, 1.807) is 0 Å². The van der Waals surface area contributed by atoms with Crippen LogP contribution in [0.4, 0.5) is 0 Å². The number of nitrogens with two attached hydrogens (primary N) is 1. The fraction of sp³-hybridized carbons (Fsp3) is 0.300. The summed E-state index contributed by atoms with van der Waals surface area (Å²) < 4.78 is 5.22. The molecular formula is C10H15N3O. The van der Waals surface area contributed by atoms with Gasteiger partial charge in [0.15, 0.2) is 5.96 Å². The van der Waals surface area contributed by atoms with Crippen LogP contribution < -0.4 is 11.1 Å². The van der Waals surface area contributed by atoms with Gasteiger partial charge in [-0.3, -0.25) is 5.41 Å². The second-order valence-electron chi connectivity index (χ2n) is 2.88. The van der Waals surface area contributed by atoms with Crippen molar-refractivity contribution in [1.29, 1.82) is 5.41 Å². The zero-order chi connectivity index (χ0) is 10.2. The third-order valence-electron chi connectivity index (χ3n) is 1.74. The summed E-state index contributed by atoms with van der Waals surface area (Å²) >= 11 is 0. The van der Waals surface area contributed by atoms with Gasteiger partial charge in [0.05, 0.1) is 6.61 Å². The van der Waals surface area contributed by atoms with Crippen LogP contribution in [0, 0.1) is 5.41 Å². The Kier molecular flexibility index (Phi) is 4.50. The van der Waals surface area contributed by atoms with Gasteiger partial charge < -0.3 is 15.8 Å². The summed E-state index contributed by atoms with van der Waals surface area (Å²) in [6.45, 7) is 0.923. The molecule has 76 valence electrons. The summed E-state index contributed by atoms with van der Waals surface area (Å²) in [5.74, 6) is -0.0651. The maximum atomic E-state index is 6.88. The molecule has 0 aliphatic rings. The highest BCUT2D eigenvalue weighted by Crippen LogP contribution is 1.98. The highest BCUT2D eigenvalue weighted by Gasteiger charge is 1.91. The highest BCUT2D eigenvalue weighted by atomic mass is 16.5. The molecule has 4 nitrogen and oxygen atoms in total. The monoisotopic (exact) mass is 193 g/mol. The van der Waals surface area contributed by atoms with E-state index in [0.717, 1.165) is 6.42 Å². The van der Waals surface area contributed by atoms with Crippen LogP contribution in [0.1, 0.15) is 5.56 Å². The molecule has 0 saturated carbocycles. The Labute approximate surface area is 83.6 Å². The van der Waals surface area contributed by atoms with Crippen molar-refractivity contribution in [3.63, 3.8) is 0 Å². The average molecular weight is 193 g/mol. The van der Waals surface area contributed by atoms with E-state index < -0.39 is 0 Å². The molecule has 0 atom stereocenters. The van der Waals surface area contributed by atoms with E-state index in [9.17, 15) is 0 Å². The summed E-state index contributed by atoms with van der Waals surface area (Å²) in [5.41, 5.74) is 6.32. The van der Waals surface area contributed by atoms with Crippen molar-refractivity contribution in [1.82, 2.24) is 5.32 Å². The van der Waals surface area contributed by atoms with Gasteiger partial charge in [-0.2, -0.15) is 0 Å². The summed E-state index contributed by atoms with van der Waals surface area (Å²) in [5, 5.41) is 9.45. The lowest BCUT2D eigenvalue weighted by Crippen LogP contribution is -2.32. The molecule has 4 N–H and O–H groups in total. The third-order valence-corrected chi connectivity index (χ3v) is 1.74. The number of ether oxygens (including phenoxy) is 1. The van der Waals surface area contributed by atoms with E-state index in [-0.39, 0.29) is 5.96 Å². The number of hydrogen-bond acceptors (Lipinski definition) is 2. The van der Waals surface area contributed by atoms with Crippen LogP contribution in [-0.4, -0.2) is 19.3 Å². The van der Waals surface area contributed by atoms with Crippen molar-refractivity contribution in [2.24, 2.45) is 5.73 Å². The molecule has 14 heavy (non-hydrogen) atoms. The Bertz CT molecular complexity index is 274. The Morgan fingerprint density at radius 3 is 2.71 bits per heavy atom. The number of nitrogens with one attached hydrogen (secondary N) is 2. The van der Waals surface area contributed by atoms with Crippen LogP contribution in [0.5, 0.6) is 0 Å². The Morgan fingerprint density at radius 1 is 1.36 bits per heavy atom. The normalized spacial score (nSPS) is 9.71. The van der Waals surface area contributed by atoms with Gasteiger partial charge in [-0.05, 0) is 12.0 Å². The first-order valence-electron chi connectivity index (χ1n) is 4.48. The standard InChI is InChI=1S/C10H15N3O/c11-10(12)13-8-14-7-6-9-4-2-1-3-5-9/h1-5H,6-8H2,(H4,11,12,13). The SMILES string of the molecule is N=C(N)NCOCCc1ccccc1. The Morgan fingerprint density at radius 2 is 2.07 bits per heavy atom. The van der Waals surface area contributed by atoms with Crippen LogP contribution >= 0.6 is 0 Å². The summed E-state index contributed by atoms with van der Waals surface area (Å²) in [6.07, 6.45) is 0.875. The van der Waals surface area contributed by atoms with Gasteiger partial charge >= 0.3 is 0 Å². The van der Waals surface area contributed by atoms with E-state index in [1.165, 1.54) is 5.56 Å². The van der Waals surface area contributed by atoms with Crippen LogP contribution in [-0.2, 0) is 11.2 Å². The molecule has 0 heterocycles. The molecular weight excluding hydrogens is 178 g/mol. The van der Waals surface area contributed by atoms with Gasteiger partial charge in [0, 0.05) is 0 Å². The van der Waals surface area contributed by atoms with E-state index in [0.29, 0.717) is 13.3 Å². The van der Waals surface area contributed by atoms with E-state index in [1.807, 2.05) is 18.2 Å². The number of rotatable bonds is 5. The Balaban J connectivity index is 2.08. The van der Waals surface area contributed by atoms with Gasteiger partial charge in [-0.15, -0.1) is 0 Å². The molecule has 0 radical (unpaired) electrons. The first kappa shape index (κ1) is 10.5. The van der Waals surface area contributed by atoms with Gasteiger partial charge in [-0.1, -0.05) is 30.3 Å². The molecule has 0 aliphatic carbocycles. The fourth-order valence-corrected chi connectivity index (χ4v) is 1.04. The highest BCUT2D eigenvalue weighted by molar-refractivity contribution is 5.73. The first-order chi connectivity index (χ1) is 6.79. The quantitative estimate of drug-likeness (QED) is 0.279. The second-order valence-corrected chi connectivity index (χ2v) is 2.88. The molecule has 0 fully saturated rings. The van der Waals surface area contributed by atoms with Crippen molar-refractivity contribution >= 4 is 5.96 Å². The summed E-state index contributed by atoms with van der Waals surface area (Å²) in [4.78, 5) is 0. The molecule has 1 aromatic carbocycles. The van der Waals surface area contributed by atoms with Crippen molar-refractivity contribution in [2.45, 2.75) is 6.42 Å². The average Bonchev–Trinajstić information content (AvgIpc) is 2.18. The van der Waals surface area contributed by atoms with Crippen molar-refractivity contribution in [2.75, 3.05) is 13.3 Å². The molecule has 1 rings (SSSR count). The van der Waals surface area contributed by atoms with E-state index in [4.69, 9.17) is 15.9 Å². The Hall–Kier alpha value is -1.55. The molecule has 1 aromatic rings. The molecule has 0 aliphatic heterocycles. The van der Waals surface area contributed by atoms with Gasteiger partial charge in [-0.25, -0.2) is 0 Å². The lowest BCUT2D eigenvalue weighted by Gasteiger charge is -2.05. The fourth-order valence-electron chi connectivity index (χ4n) is 1.04. The van der Waals surface area contributed by atoms with Crippen molar-refractivity contribution in [3.8, 4) is 0 Å². The van der Waals surface area contributed by atoms with Gasteiger partial charge in [0.25, 0.3) is 0 Å². The molecule has 0 amide bonds. The topological polar surface area (TPSA) is 71.1 Å². The number of guanidine groups is 1. The lowest BCUT2D eigenvalue weighted by atomic mass is 10.2. The minimum absolute atomic E-state index is 0.0651. The lowest BCUT2D eigenvalue weighted by molar-refractivity contribution is 0.131. The molecule has 4 heteroatoms. The third kappa shape index (κ3) is 4.47. The molecule has 0 saturated heterocycles. The first-order valence-corrected chi connectivity index (χ1v) is 4.48. The molecule has 0 unspecified atom stereocenters. The maximum absolute atomic E-state index is 6.88. The van der Waals surface area contributed by atoms with Crippen LogP contribution in [0.2, 0.25) is 0 Å². The molecule has 0 spiro atoms. The zero-order valence-electron chi connectivity index (χ0n) is 7.99. The zero-order valence-corrected chi connectivity index (χ0v) is 7.99. The minimum atomic E-state index is -0.0651. The summed E-state index contributed by atoms with van der Waals surface area (Å²) in [6, 6.07) is 10.1. The number of hydrogen-bond donors (Lipinski definition) is 3. The number of benzene rings is 1. The van der Waals surface area contributed by atoms with Crippen molar-refractivity contribution < 1.29 is 4.74 Å². The minimum Gasteiger partial charge on any atom is -0.370 e. The summed E-state index contributed by atoms with van der Waals surface area (Å²) in [7, 11) is 0. The second kappa shape index (κ2) is 5.99. The predicted molar refractivity (Wildman–Crippen MR) is 56.0 cm³/mol. The van der Waals surface area contributed by atoms with E-state index in [2.05, 4.69) is 17.4 Å². The smallest absolute Gasteiger partial charge is 0.187 e. The van der Waals surface area contributed by atoms with Crippen molar-refractivity contribution in [3.05, 3.63) is 35.9 Å². The maximum Gasteiger partial charge on any atom is 0.187 e. The molecule has 0 aromatic heterocycles. The van der Waals surface area contributed by atoms with Gasteiger partial charge in [0.1, 0.15) is 6.73 Å². The van der Waals surface area contributed by atoms with Gasteiger partial charge in [0.2, 0.25) is 0 Å². The van der Waals surface area contributed by atoms with Crippen LogP contribution in [0.3, 0.4) is 0 Å². The van der Waals surface area contributed by atoms with E-state index >= 15 is 0 Å².